The maximum absolute atomic E-state index is 12.1. The minimum atomic E-state index is -0.577. The second-order valence-corrected chi connectivity index (χ2v) is 7.45. The van der Waals surface area contributed by atoms with Crippen LogP contribution in [0.25, 0.3) is 0 Å². The zero-order valence-corrected chi connectivity index (χ0v) is 17.7. The standard InChI is InChI=1S/C20H22N6O3S/c1-13-5-4-6-17(14(13)2)21-19(28)22-18(27)12-30-20-23-24-25-26(20)11-15-7-9-16(29-3)10-8-15/h4-10H,11-12H2,1-3H3,(H2,21,22,27,28). The number of anilines is 1. The zero-order valence-electron chi connectivity index (χ0n) is 16.9. The fourth-order valence-electron chi connectivity index (χ4n) is 2.64. The molecule has 1 aromatic heterocycles. The third kappa shape index (κ3) is 5.57. The number of benzene rings is 2. The van der Waals surface area contributed by atoms with Gasteiger partial charge in [-0.15, -0.1) is 5.10 Å². The van der Waals surface area contributed by atoms with E-state index < -0.39 is 11.9 Å². The minimum Gasteiger partial charge on any atom is -0.497 e. The van der Waals surface area contributed by atoms with Crippen molar-refractivity contribution in [2.24, 2.45) is 0 Å². The number of urea groups is 1. The number of ether oxygens (including phenoxy) is 1. The molecule has 3 amide bonds. The number of imide groups is 1. The SMILES string of the molecule is COc1ccc(Cn2nnnc2SCC(=O)NC(=O)Nc2cccc(C)c2C)cc1. The van der Waals surface area contributed by atoms with Crippen LogP contribution in [0.1, 0.15) is 16.7 Å². The molecule has 10 heteroatoms. The average Bonchev–Trinajstić information content (AvgIpc) is 3.17. The van der Waals surface area contributed by atoms with Gasteiger partial charge in [-0.3, -0.25) is 10.1 Å². The molecule has 0 saturated carbocycles. The third-order valence-electron chi connectivity index (χ3n) is 4.43. The van der Waals surface area contributed by atoms with Gasteiger partial charge < -0.3 is 10.1 Å². The van der Waals surface area contributed by atoms with E-state index in [2.05, 4.69) is 26.2 Å². The van der Waals surface area contributed by atoms with Gasteiger partial charge in [-0.05, 0) is 59.2 Å². The van der Waals surface area contributed by atoms with Crippen molar-refractivity contribution in [3.05, 3.63) is 59.2 Å². The molecule has 30 heavy (non-hydrogen) atoms. The van der Waals surface area contributed by atoms with Gasteiger partial charge in [0.1, 0.15) is 5.75 Å². The van der Waals surface area contributed by atoms with Crippen LogP contribution in [0.15, 0.2) is 47.6 Å². The Morgan fingerprint density at radius 3 is 2.63 bits per heavy atom. The van der Waals surface area contributed by atoms with Crippen molar-refractivity contribution in [2.45, 2.75) is 25.5 Å². The molecule has 3 aromatic rings. The number of thioether (sulfide) groups is 1. The Morgan fingerprint density at radius 2 is 1.90 bits per heavy atom. The molecule has 0 atom stereocenters. The van der Waals surface area contributed by atoms with Gasteiger partial charge in [0.05, 0.1) is 19.4 Å². The number of aryl methyl sites for hydroxylation is 1. The first kappa shape index (κ1) is 21.3. The van der Waals surface area contributed by atoms with Crippen molar-refractivity contribution in [3.8, 4) is 5.75 Å². The van der Waals surface area contributed by atoms with Crippen molar-refractivity contribution < 1.29 is 14.3 Å². The quantitative estimate of drug-likeness (QED) is 0.559. The van der Waals surface area contributed by atoms with E-state index in [1.54, 1.807) is 17.9 Å². The van der Waals surface area contributed by atoms with E-state index in [1.807, 2.05) is 50.2 Å². The molecule has 0 bridgehead atoms. The fourth-order valence-corrected chi connectivity index (χ4v) is 3.31. The highest BCUT2D eigenvalue weighted by Crippen LogP contribution is 2.18. The molecule has 1 heterocycles. The van der Waals surface area contributed by atoms with Crippen LogP contribution in [0.2, 0.25) is 0 Å². The van der Waals surface area contributed by atoms with Crippen molar-refractivity contribution in [1.82, 2.24) is 25.5 Å². The van der Waals surface area contributed by atoms with Gasteiger partial charge in [0, 0.05) is 5.69 Å². The molecule has 0 saturated heterocycles. The third-order valence-corrected chi connectivity index (χ3v) is 5.39. The zero-order chi connectivity index (χ0) is 21.5. The number of carbonyl (C=O) groups excluding carboxylic acids is 2. The molecule has 3 rings (SSSR count). The summed E-state index contributed by atoms with van der Waals surface area (Å²) in [6, 6.07) is 12.6. The molecular weight excluding hydrogens is 404 g/mol. The predicted octanol–water partition coefficient (Wildman–Crippen LogP) is 2.79. The van der Waals surface area contributed by atoms with E-state index in [1.165, 1.54) is 0 Å². The minimum absolute atomic E-state index is 0.00318. The largest absolute Gasteiger partial charge is 0.497 e. The lowest BCUT2D eigenvalue weighted by Crippen LogP contribution is -2.35. The normalized spacial score (nSPS) is 10.5. The van der Waals surface area contributed by atoms with Gasteiger partial charge in [-0.2, -0.15) is 0 Å². The molecular formula is C20H22N6O3S. The summed E-state index contributed by atoms with van der Waals surface area (Å²) in [7, 11) is 1.61. The van der Waals surface area contributed by atoms with E-state index in [0.717, 1.165) is 34.2 Å². The molecule has 9 nitrogen and oxygen atoms in total. The summed E-state index contributed by atoms with van der Waals surface area (Å²) in [5, 5.41) is 17.1. The number of carbonyl (C=O) groups is 2. The highest BCUT2D eigenvalue weighted by atomic mass is 32.2. The number of nitrogens with one attached hydrogen (secondary N) is 2. The van der Waals surface area contributed by atoms with Crippen molar-refractivity contribution in [2.75, 3.05) is 18.2 Å². The van der Waals surface area contributed by atoms with Crippen molar-refractivity contribution in [3.63, 3.8) is 0 Å². The molecule has 2 aromatic carbocycles. The number of aromatic nitrogens is 4. The summed E-state index contributed by atoms with van der Waals surface area (Å²) >= 11 is 1.15. The Labute approximate surface area is 178 Å². The fraction of sp³-hybridized carbons (Fsp3) is 0.250. The van der Waals surface area contributed by atoms with Crippen molar-refractivity contribution >= 4 is 29.4 Å². The monoisotopic (exact) mass is 426 g/mol. The summed E-state index contributed by atoms with van der Waals surface area (Å²) in [5.74, 6) is 0.325. The Kier molecular flexibility index (Phi) is 7.02. The van der Waals surface area contributed by atoms with Crippen molar-refractivity contribution in [1.29, 1.82) is 0 Å². The van der Waals surface area contributed by atoms with Gasteiger partial charge >= 0.3 is 6.03 Å². The topological polar surface area (TPSA) is 111 Å². The summed E-state index contributed by atoms with van der Waals surface area (Å²) in [5.41, 5.74) is 3.66. The maximum Gasteiger partial charge on any atom is 0.325 e. The number of amides is 3. The van der Waals surface area contributed by atoms with Gasteiger partial charge in [-0.25, -0.2) is 9.48 Å². The molecule has 2 N–H and O–H groups in total. The number of tetrazole rings is 1. The first-order chi connectivity index (χ1) is 14.5. The van der Waals surface area contributed by atoms with Crippen LogP contribution in [0.3, 0.4) is 0 Å². The lowest BCUT2D eigenvalue weighted by atomic mass is 10.1. The van der Waals surface area contributed by atoms with E-state index in [-0.39, 0.29) is 5.75 Å². The number of hydrogen-bond acceptors (Lipinski definition) is 7. The smallest absolute Gasteiger partial charge is 0.325 e. The van der Waals surface area contributed by atoms with Crippen LogP contribution in [0, 0.1) is 13.8 Å². The Balaban J connectivity index is 1.52. The lowest BCUT2D eigenvalue weighted by molar-refractivity contribution is -0.117. The summed E-state index contributed by atoms with van der Waals surface area (Å²) in [6.45, 7) is 4.32. The number of methoxy groups -OCH3 is 1. The van der Waals surface area contributed by atoms with E-state index in [0.29, 0.717) is 17.4 Å². The Bertz CT molecular complexity index is 1040. The van der Waals surface area contributed by atoms with Crippen LogP contribution in [0.5, 0.6) is 5.75 Å². The van der Waals surface area contributed by atoms with Crippen LogP contribution in [-0.4, -0.2) is 45.0 Å². The molecule has 0 radical (unpaired) electrons. The van der Waals surface area contributed by atoms with Gasteiger partial charge in [0.25, 0.3) is 0 Å². The van der Waals surface area contributed by atoms with Crippen LogP contribution < -0.4 is 15.4 Å². The summed E-state index contributed by atoms with van der Waals surface area (Å²) in [4.78, 5) is 24.2. The van der Waals surface area contributed by atoms with Gasteiger partial charge in [-0.1, -0.05) is 36.0 Å². The molecule has 0 spiro atoms. The predicted molar refractivity (Wildman–Crippen MR) is 114 cm³/mol. The van der Waals surface area contributed by atoms with Gasteiger partial charge in [0.15, 0.2) is 0 Å². The number of nitrogens with zero attached hydrogens (tertiary/aromatic N) is 4. The second-order valence-electron chi connectivity index (χ2n) is 6.51. The molecule has 0 aliphatic rings. The lowest BCUT2D eigenvalue weighted by Gasteiger charge is -2.10. The molecule has 156 valence electrons. The van der Waals surface area contributed by atoms with Crippen LogP contribution in [0.4, 0.5) is 10.5 Å². The molecule has 0 fully saturated rings. The highest BCUT2D eigenvalue weighted by molar-refractivity contribution is 7.99. The van der Waals surface area contributed by atoms with Crippen LogP contribution in [-0.2, 0) is 11.3 Å². The van der Waals surface area contributed by atoms with E-state index in [9.17, 15) is 9.59 Å². The average molecular weight is 427 g/mol. The molecule has 0 unspecified atom stereocenters. The second kappa shape index (κ2) is 9.88. The van der Waals surface area contributed by atoms with Gasteiger partial charge in [0.2, 0.25) is 11.1 Å². The highest BCUT2D eigenvalue weighted by Gasteiger charge is 2.13. The maximum atomic E-state index is 12.1. The Morgan fingerprint density at radius 1 is 1.13 bits per heavy atom. The molecule has 0 aliphatic heterocycles. The van der Waals surface area contributed by atoms with Crippen LogP contribution >= 0.6 is 11.8 Å². The molecule has 0 aliphatic carbocycles. The first-order valence-electron chi connectivity index (χ1n) is 9.15. The number of hydrogen-bond donors (Lipinski definition) is 2. The Hall–Kier alpha value is -3.40. The number of rotatable bonds is 7. The summed E-state index contributed by atoms with van der Waals surface area (Å²) < 4.78 is 6.74. The van der Waals surface area contributed by atoms with E-state index >= 15 is 0 Å². The summed E-state index contributed by atoms with van der Waals surface area (Å²) in [6.07, 6.45) is 0. The van der Waals surface area contributed by atoms with E-state index in [4.69, 9.17) is 4.74 Å². The first-order valence-corrected chi connectivity index (χ1v) is 10.1.